The second-order valence-corrected chi connectivity index (χ2v) is 5.23. The van der Waals surface area contributed by atoms with Crippen molar-refractivity contribution in [2.24, 2.45) is 5.92 Å². The van der Waals surface area contributed by atoms with Crippen molar-refractivity contribution < 1.29 is 19.8 Å². The lowest BCUT2D eigenvalue weighted by Crippen LogP contribution is -2.22. The minimum atomic E-state index is -1.82. The van der Waals surface area contributed by atoms with Gasteiger partial charge in [-0.2, -0.15) is 0 Å². The van der Waals surface area contributed by atoms with Gasteiger partial charge < -0.3 is 15.1 Å². The Morgan fingerprint density at radius 2 is 1.79 bits per heavy atom. The molecule has 2 aliphatic rings. The molecule has 2 N–H and O–H groups in total. The summed E-state index contributed by atoms with van der Waals surface area (Å²) in [5, 5.41) is 14.8. The van der Waals surface area contributed by atoms with Gasteiger partial charge in [-0.25, -0.2) is 9.59 Å². The number of hydrogen-bond donors (Lipinski definition) is 2. The largest absolute Gasteiger partial charge is 0.473 e. The first-order chi connectivity index (χ1) is 8.95. The lowest BCUT2D eigenvalue weighted by molar-refractivity contribution is -0.159. The van der Waals surface area contributed by atoms with E-state index in [9.17, 15) is 0 Å². The molecule has 5 nitrogen and oxygen atoms in total. The van der Waals surface area contributed by atoms with E-state index in [1.165, 1.54) is 19.5 Å². The molecule has 1 aromatic rings. The molecule has 1 heterocycles. The van der Waals surface area contributed by atoms with Crippen LogP contribution in [-0.2, 0) is 15.0 Å². The van der Waals surface area contributed by atoms with Gasteiger partial charge in [-0.05, 0) is 24.9 Å². The van der Waals surface area contributed by atoms with Gasteiger partial charge in [0.25, 0.3) is 0 Å². The van der Waals surface area contributed by atoms with Crippen molar-refractivity contribution in [2.45, 2.75) is 11.8 Å². The summed E-state index contributed by atoms with van der Waals surface area (Å²) >= 11 is 0. The predicted octanol–water partition coefficient (Wildman–Crippen LogP) is 1.05. The molecule has 0 amide bonds. The molecular weight excluding hydrogens is 246 g/mol. The Morgan fingerprint density at radius 3 is 2.21 bits per heavy atom. The van der Waals surface area contributed by atoms with Crippen molar-refractivity contribution in [3.8, 4) is 0 Å². The summed E-state index contributed by atoms with van der Waals surface area (Å²) in [4.78, 5) is 20.7. The van der Waals surface area contributed by atoms with Crippen molar-refractivity contribution >= 4 is 11.9 Å². The van der Waals surface area contributed by atoms with Crippen LogP contribution < -0.4 is 0 Å². The fourth-order valence-electron chi connectivity index (χ4n) is 2.95. The highest BCUT2D eigenvalue weighted by Gasteiger charge is 2.59. The van der Waals surface area contributed by atoms with Gasteiger partial charge >= 0.3 is 11.9 Å². The first-order valence-electron chi connectivity index (χ1n) is 6.16. The first kappa shape index (κ1) is 13.5. The molecule has 0 radical (unpaired) electrons. The van der Waals surface area contributed by atoms with E-state index < -0.39 is 11.9 Å². The number of likely N-dealkylation sites (tertiary alicyclic amines) is 1. The molecule has 1 aromatic carbocycles. The third-order valence-corrected chi connectivity index (χ3v) is 3.85. The third-order valence-electron chi connectivity index (χ3n) is 3.85. The molecule has 2 fully saturated rings. The number of nitrogens with zero attached hydrogens (tertiary/aromatic N) is 1. The molecule has 0 bridgehead atoms. The standard InChI is InChI=1S/C12H15N.C2H2O4/c1-13-8-11-7-12(11,9-13)10-5-3-2-4-6-10;3-1(4)2(5)6/h2-6,11H,7-9H2,1H3;(H,3,4)(H,5,6). The number of likely N-dealkylation sites (N-methyl/N-ethyl adjacent to an activating group) is 1. The second-order valence-electron chi connectivity index (χ2n) is 5.23. The molecular formula is C14H17NO4. The van der Waals surface area contributed by atoms with Gasteiger partial charge in [0.1, 0.15) is 0 Å². The molecule has 19 heavy (non-hydrogen) atoms. The number of fused-ring (bicyclic) bond motifs is 1. The lowest BCUT2D eigenvalue weighted by Gasteiger charge is -2.16. The molecule has 1 aliphatic carbocycles. The maximum absolute atomic E-state index is 9.10. The molecule has 0 spiro atoms. The summed E-state index contributed by atoms with van der Waals surface area (Å²) in [5.74, 6) is -2.70. The molecule has 2 atom stereocenters. The predicted molar refractivity (Wildman–Crippen MR) is 69.0 cm³/mol. The van der Waals surface area contributed by atoms with Crippen LogP contribution in [0.25, 0.3) is 0 Å². The molecule has 1 saturated heterocycles. The Balaban J connectivity index is 0.000000192. The van der Waals surface area contributed by atoms with Gasteiger partial charge in [0, 0.05) is 18.5 Å². The maximum Gasteiger partial charge on any atom is 0.414 e. The smallest absolute Gasteiger partial charge is 0.414 e. The van der Waals surface area contributed by atoms with Gasteiger partial charge in [0.2, 0.25) is 0 Å². The average molecular weight is 263 g/mol. The Bertz CT molecular complexity index is 475. The van der Waals surface area contributed by atoms with Gasteiger partial charge in [0.15, 0.2) is 0 Å². The van der Waals surface area contributed by atoms with Crippen LogP contribution in [0.1, 0.15) is 12.0 Å². The van der Waals surface area contributed by atoms with Crippen LogP contribution in [0.3, 0.4) is 0 Å². The monoisotopic (exact) mass is 263 g/mol. The lowest BCUT2D eigenvalue weighted by atomic mass is 9.95. The van der Waals surface area contributed by atoms with E-state index in [2.05, 4.69) is 42.3 Å². The minimum absolute atomic E-state index is 0.552. The fraction of sp³-hybridized carbons (Fsp3) is 0.429. The molecule has 1 saturated carbocycles. The van der Waals surface area contributed by atoms with Gasteiger partial charge in [0.05, 0.1) is 0 Å². The number of carboxylic acid groups (broad SMARTS) is 2. The Morgan fingerprint density at radius 1 is 1.21 bits per heavy atom. The van der Waals surface area contributed by atoms with Crippen LogP contribution in [0.15, 0.2) is 30.3 Å². The highest BCUT2D eigenvalue weighted by molar-refractivity contribution is 6.27. The second kappa shape index (κ2) is 5.01. The van der Waals surface area contributed by atoms with E-state index >= 15 is 0 Å². The summed E-state index contributed by atoms with van der Waals surface area (Å²) in [6.07, 6.45) is 1.42. The number of carboxylic acids is 2. The zero-order valence-corrected chi connectivity index (χ0v) is 10.7. The fourth-order valence-corrected chi connectivity index (χ4v) is 2.95. The molecule has 102 valence electrons. The summed E-state index contributed by atoms with van der Waals surface area (Å²) in [6.45, 7) is 2.57. The summed E-state index contributed by atoms with van der Waals surface area (Å²) in [7, 11) is 2.23. The molecule has 2 unspecified atom stereocenters. The third kappa shape index (κ3) is 2.76. The van der Waals surface area contributed by atoms with E-state index in [1.54, 1.807) is 5.56 Å². The van der Waals surface area contributed by atoms with Crippen LogP contribution in [0.5, 0.6) is 0 Å². The Labute approximate surface area is 111 Å². The summed E-state index contributed by atoms with van der Waals surface area (Å²) in [6, 6.07) is 11.0. The number of benzene rings is 1. The van der Waals surface area contributed by atoms with Crippen LogP contribution in [0.4, 0.5) is 0 Å². The summed E-state index contributed by atoms with van der Waals surface area (Å²) < 4.78 is 0. The van der Waals surface area contributed by atoms with Crippen LogP contribution in [0.2, 0.25) is 0 Å². The van der Waals surface area contributed by atoms with E-state index in [4.69, 9.17) is 19.8 Å². The maximum atomic E-state index is 9.10. The quantitative estimate of drug-likeness (QED) is 0.740. The number of aliphatic carboxylic acids is 2. The first-order valence-corrected chi connectivity index (χ1v) is 6.16. The zero-order chi connectivity index (χ0) is 14.0. The van der Waals surface area contributed by atoms with Crippen molar-refractivity contribution in [3.05, 3.63) is 35.9 Å². The summed E-state index contributed by atoms with van der Waals surface area (Å²) in [5.41, 5.74) is 2.11. The van der Waals surface area contributed by atoms with Crippen molar-refractivity contribution in [1.82, 2.24) is 4.90 Å². The number of carbonyl (C=O) groups is 2. The van der Waals surface area contributed by atoms with Gasteiger partial charge in [-0.15, -0.1) is 0 Å². The van der Waals surface area contributed by atoms with E-state index in [-0.39, 0.29) is 0 Å². The van der Waals surface area contributed by atoms with E-state index in [0.717, 1.165) is 5.92 Å². The van der Waals surface area contributed by atoms with Crippen LogP contribution >= 0.6 is 0 Å². The van der Waals surface area contributed by atoms with Crippen molar-refractivity contribution in [3.63, 3.8) is 0 Å². The molecule has 5 heteroatoms. The Hall–Kier alpha value is -1.88. The van der Waals surface area contributed by atoms with Gasteiger partial charge in [-0.3, -0.25) is 0 Å². The number of piperidine rings is 1. The van der Waals surface area contributed by atoms with E-state index in [0.29, 0.717) is 5.41 Å². The minimum Gasteiger partial charge on any atom is -0.473 e. The number of hydrogen-bond acceptors (Lipinski definition) is 3. The van der Waals surface area contributed by atoms with Gasteiger partial charge in [-0.1, -0.05) is 30.3 Å². The Kier molecular flexibility index (Phi) is 3.57. The highest BCUT2D eigenvalue weighted by Crippen LogP contribution is 2.58. The highest BCUT2D eigenvalue weighted by atomic mass is 16.4. The molecule has 1 aliphatic heterocycles. The number of rotatable bonds is 1. The average Bonchev–Trinajstić information content (AvgIpc) is 2.95. The zero-order valence-electron chi connectivity index (χ0n) is 10.7. The van der Waals surface area contributed by atoms with E-state index in [1.807, 2.05) is 0 Å². The van der Waals surface area contributed by atoms with Crippen LogP contribution in [-0.4, -0.2) is 47.2 Å². The van der Waals surface area contributed by atoms with Crippen LogP contribution in [0, 0.1) is 5.92 Å². The van der Waals surface area contributed by atoms with Crippen molar-refractivity contribution in [1.29, 1.82) is 0 Å². The molecule has 3 rings (SSSR count). The normalized spacial score (nSPS) is 27.9. The van der Waals surface area contributed by atoms with Crippen molar-refractivity contribution in [2.75, 3.05) is 20.1 Å². The molecule has 0 aromatic heterocycles. The SMILES string of the molecule is CN1CC2CC2(c2ccccc2)C1.O=C(O)C(=O)O. The topological polar surface area (TPSA) is 77.8 Å².